The second kappa shape index (κ2) is 5.78. The number of anilines is 1. The van der Waals surface area contributed by atoms with Crippen molar-refractivity contribution in [1.82, 2.24) is 9.88 Å². The number of nitrogens with one attached hydrogen (secondary N) is 1. The summed E-state index contributed by atoms with van der Waals surface area (Å²) in [4.78, 5) is 18.8. The third kappa shape index (κ3) is 3.51. The summed E-state index contributed by atoms with van der Waals surface area (Å²) in [7, 11) is 0. The molecule has 1 amide bonds. The van der Waals surface area contributed by atoms with Gasteiger partial charge in [0, 0.05) is 24.3 Å². The van der Waals surface area contributed by atoms with Gasteiger partial charge in [-0.05, 0) is 52.5 Å². The van der Waals surface area contributed by atoms with Crippen LogP contribution in [0.4, 0.5) is 10.6 Å². The van der Waals surface area contributed by atoms with Crippen LogP contribution in [-0.2, 0) is 4.74 Å². The van der Waals surface area contributed by atoms with Gasteiger partial charge in [0.15, 0.2) is 0 Å². The number of carbonyl (C=O) groups is 1. The minimum atomic E-state index is -0.464. The maximum Gasteiger partial charge on any atom is 0.410 e. The molecule has 0 aromatic carbocycles. The molecule has 120 valence electrons. The van der Waals surface area contributed by atoms with Crippen molar-refractivity contribution in [1.29, 1.82) is 0 Å². The van der Waals surface area contributed by atoms with E-state index in [4.69, 9.17) is 4.74 Å². The quantitative estimate of drug-likeness (QED) is 0.924. The molecule has 0 bridgehead atoms. The highest BCUT2D eigenvalue weighted by Gasteiger charge is 2.35. The lowest BCUT2D eigenvalue weighted by atomic mass is 10.1. The molecular formula is C17H25N3O2. The van der Waals surface area contributed by atoms with Gasteiger partial charge in [0.1, 0.15) is 11.4 Å². The zero-order chi connectivity index (χ0) is 15.7. The summed E-state index contributed by atoms with van der Waals surface area (Å²) >= 11 is 0. The SMILES string of the molecule is CC(C)(C)OC(=O)N1CCCC1c1cccnc1NC1CC1. The molecule has 1 saturated carbocycles. The summed E-state index contributed by atoms with van der Waals surface area (Å²) in [6.07, 6.45) is 5.95. The smallest absolute Gasteiger partial charge is 0.410 e. The monoisotopic (exact) mass is 303 g/mol. The predicted octanol–water partition coefficient (Wildman–Crippen LogP) is 3.73. The number of ether oxygens (including phenoxy) is 1. The molecule has 2 fully saturated rings. The molecule has 0 spiro atoms. The van der Waals surface area contributed by atoms with Crippen LogP contribution < -0.4 is 5.32 Å². The lowest BCUT2D eigenvalue weighted by molar-refractivity contribution is 0.0225. The zero-order valence-electron chi connectivity index (χ0n) is 13.6. The van der Waals surface area contributed by atoms with Gasteiger partial charge >= 0.3 is 6.09 Å². The molecule has 1 saturated heterocycles. The Bertz CT molecular complexity index is 549. The van der Waals surface area contributed by atoms with E-state index >= 15 is 0 Å². The van der Waals surface area contributed by atoms with Crippen LogP contribution in [0, 0.1) is 0 Å². The van der Waals surface area contributed by atoms with Crippen molar-refractivity contribution >= 4 is 11.9 Å². The van der Waals surface area contributed by atoms with Gasteiger partial charge in [0.2, 0.25) is 0 Å². The second-order valence-corrected chi connectivity index (χ2v) is 7.19. The van der Waals surface area contributed by atoms with Gasteiger partial charge in [-0.15, -0.1) is 0 Å². The Balaban J connectivity index is 1.79. The average molecular weight is 303 g/mol. The van der Waals surface area contributed by atoms with Crippen molar-refractivity contribution in [2.24, 2.45) is 0 Å². The molecule has 0 radical (unpaired) electrons. The molecule has 1 N–H and O–H groups in total. The molecule has 3 rings (SSSR count). The summed E-state index contributed by atoms with van der Waals surface area (Å²) in [6, 6.07) is 4.62. The number of likely N-dealkylation sites (tertiary alicyclic amines) is 1. The van der Waals surface area contributed by atoms with Crippen LogP contribution in [0.2, 0.25) is 0 Å². The van der Waals surface area contributed by atoms with E-state index in [1.54, 1.807) is 6.20 Å². The van der Waals surface area contributed by atoms with Gasteiger partial charge in [0.25, 0.3) is 0 Å². The first kappa shape index (κ1) is 15.1. The third-order valence-corrected chi connectivity index (χ3v) is 4.00. The summed E-state index contributed by atoms with van der Waals surface area (Å²) in [5.74, 6) is 0.922. The Hall–Kier alpha value is -1.78. The Morgan fingerprint density at radius 3 is 2.82 bits per heavy atom. The van der Waals surface area contributed by atoms with Crippen molar-refractivity contribution in [2.45, 2.75) is 64.1 Å². The number of hydrogen-bond acceptors (Lipinski definition) is 4. The van der Waals surface area contributed by atoms with Gasteiger partial charge in [0.05, 0.1) is 6.04 Å². The van der Waals surface area contributed by atoms with E-state index in [0.717, 1.165) is 30.8 Å². The van der Waals surface area contributed by atoms with Crippen LogP contribution in [-0.4, -0.2) is 34.2 Å². The van der Waals surface area contributed by atoms with E-state index in [2.05, 4.69) is 16.4 Å². The molecule has 1 atom stereocenters. The van der Waals surface area contributed by atoms with E-state index in [-0.39, 0.29) is 12.1 Å². The fourth-order valence-corrected chi connectivity index (χ4v) is 2.86. The van der Waals surface area contributed by atoms with Gasteiger partial charge < -0.3 is 15.0 Å². The van der Waals surface area contributed by atoms with Gasteiger partial charge in [-0.3, -0.25) is 0 Å². The topological polar surface area (TPSA) is 54.5 Å². The van der Waals surface area contributed by atoms with Gasteiger partial charge in [-0.2, -0.15) is 0 Å². The largest absolute Gasteiger partial charge is 0.444 e. The van der Waals surface area contributed by atoms with Crippen LogP contribution in [0.15, 0.2) is 18.3 Å². The van der Waals surface area contributed by atoms with E-state index in [9.17, 15) is 4.79 Å². The fourth-order valence-electron chi connectivity index (χ4n) is 2.86. The van der Waals surface area contributed by atoms with Crippen molar-refractivity contribution in [2.75, 3.05) is 11.9 Å². The van der Waals surface area contributed by atoms with Crippen molar-refractivity contribution in [3.63, 3.8) is 0 Å². The number of carbonyl (C=O) groups excluding carboxylic acids is 1. The molecule has 1 aliphatic heterocycles. The number of hydrogen-bond donors (Lipinski definition) is 1. The summed E-state index contributed by atoms with van der Waals surface area (Å²) < 4.78 is 5.55. The molecule has 1 aliphatic carbocycles. The molecule has 22 heavy (non-hydrogen) atoms. The first-order valence-electron chi connectivity index (χ1n) is 8.15. The lowest BCUT2D eigenvalue weighted by Gasteiger charge is -2.29. The normalized spacial score (nSPS) is 21.8. The fraction of sp³-hybridized carbons (Fsp3) is 0.647. The Morgan fingerprint density at radius 2 is 2.14 bits per heavy atom. The van der Waals surface area contributed by atoms with E-state index in [1.165, 1.54) is 12.8 Å². The highest BCUT2D eigenvalue weighted by Crippen LogP contribution is 2.37. The predicted molar refractivity (Wildman–Crippen MR) is 85.8 cm³/mol. The number of aromatic nitrogens is 1. The maximum atomic E-state index is 12.5. The Kier molecular flexibility index (Phi) is 3.98. The minimum absolute atomic E-state index is 0.0600. The molecule has 1 aromatic rings. The molecule has 5 nitrogen and oxygen atoms in total. The minimum Gasteiger partial charge on any atom is -0.444 e. The van der Waals surface area contributed by atoms with E-state index < -0.39 is 5.60 Å². The maximum absolute atomic E-state index is 12.5. The van der Waals surface area contributed by atoms with Crippen LogP contribution >= 0.6 is 0 Å². The van der Waals surface area contributed by atoms with Crippen molar-refractivity contribution < 1.29 is 9.53 Å². The molecular weight excluding hydrogens is 278 g/mol. The third-order valence-electron chi connectivity index (χ3n) is 4.00. The first-order valence-corrected chi connectivity index (χ1v) is 8.15. The second-order valence-electron chi connectivity index (χ2n) is 7.19. The first-order chi connectivity index (χ1) is 10.4. The van der Waals surface area contributed by atoms with Crippen LogP contribution in [0.5, 0.6) is 0 Å². The molecule has 2 heterocycles. The number of rotatable bonds is 3. The van der Waals surface area contributed by atoms with Crippen molar-refractivity contribution in [3.05, 3.63) is 23.9 Å². The lowest BCUT2D eigenvalue weighted by Crippen LogP contribution is -2.36. The van der Waals surface area contributed by atoms with Crippen LogP contribution in [0.3, 0.4) is 0 Å². The van der Waals surface area contributed by atoms with Gasteiger partial charge in [-0.1, -0.05) is 6.07 Å². The summed E-state index contributed by atoms with van der Waals surface area (Å²) in [5.41, 5.74) is 0.645. The Labute approximate surface area is 132 Å². The highest BCUT2D eigenvalue weighted by molar-refractivity contribution is 5.70. The van der Waals surface area contributed by atoms with E-state index in [0.29, 0.717) is 6.04 Å². The molecule has 1 aromatic heterocycles. The average Bonchev–Trinajstić information content (AvgIpc) is 3.11. The molecule has 2 aliphatic rings. The summed E-state index contributed by atoms with van der Waals surface area (Å²) in [6.45, 7) is 6.46. The standard InChI is InChI=1S/C17H25N3O2/c1-17(2,3)22-16(21)20-11-5-7-14(20)13-6-4-10-18-15(13)19-12-8-9-12/h4,6,10,12,14H,5,7-9,11H2,1-3H3,(H,18,19). The molecule has 5 heteroatoms. The van der Waals surface area contributed by atoms with Crippen molar-refractivity contribution in [3.8, 4) is 0 Å². The number of amides is 1. The van der Waals surface area contributed by atoms with Gasteiger partial charge in [-0.25, -0.2) is 9.78 Å². The number of nitrogens with zero attached hydrogens (tertiary/aromatic N) is 2. The zero-order valence-corrected chi connectivity index (χ0v) is 13.6. The van der Waals surface area contributed by atoms with Crippen LogP contribution in [0.1, 0.15) is 58.1 Å². The summed E-state index contributed by atoms with van der Waals surface area (Å²) in [5, 5.41) is 3.48. The number of pyridine rings is 1. The highest BCUT2D eigenvalue weighted by atomic mass is 16.6. The van der Waals surface area contributed by atoms with Crippen LogP contribution in [0.25, 0.3) is 0 Å². The Morgan fingerprint density at radius 1 is 1.36 bits per heavy atom. The van der Waals surface area contributed by atoms with E-state index in [1.807, 2.05) is 31.7 Å². The molecule has 1 unspecified atom stereocenters.